The Bertz CT molecular complexity index is 783. The molecule has 0 unspecified atom stereocenters. The Morgan fingerprint density at radius 3 is 2.88 bits per heavy atom. The molecule has 6 heteroatoms. The summed E-state index contributed by atoms with van der Waals surface area (Å²) in [7, 11) is 2.03. The second kappa shape index (κ2) is 8.34. The fourth-order valence-corrected chi connectivity index (χ4v) is 3.66. The molecular formula is C20H28N4O2. The maximum absolute atomic E-state index is 12.4. The normalized spacial score (nSPS) is 17.5. The molecule has 140 valence electrons. The Morgan fingerprint density at radius 2 is 2.12 bits per heavy atom. The number of hydrogen-bond acceptors (Lipinski definition) is 3. The monoisotopic (exact) mass is 356 g/mol. The summed E-state index contributed by atoms with van der Waals surface area (Å²) in [6, 6.07) is 8.11. The highest BCUT2D eigenvalue weighted by Crippen LogP contribution is 2.18. The zero-order chi connectivity index (χ0) is 18.5. The predicted molar refractivity (Wildman–Crippen MR) is 102 cm³/mol. The van der Waals surface area contributed by atoms with E-state index in [1.165, 1.54) is 0 Å². The molecule has 1 N–H and O–H groups in total. The lowest BCUT2D eigenvalue weighted by Crippen LogP contribution is -2.45. The highest BCUT2D eigenvalue weighted by molar-refractivity contribution is 5.81. The van der Waals surface area contributed by atoms with Gasteiger partial charge in [0.15, 0.2) is 0 Å². The molecule has 2 aromatic rings. The number of hydrogen-bond donors (Lipinski definition) is 1. The summed E-state index contributed by atoms with van der Waals surface area (Å²) in [6.07, 6.45) is 3.96. The van der Waals surface area contributed by atoms with Crippen LogP contribution in [0.5, 0.6) is 0 Å². The molecule has 0 bridgehead atoms. The number of benzene rings is 1. The highest BCUT2D eigenvalue weighted by Gasteiger charge is 2.27. The summed E-state index contributed by atoms with van der Waals surface area (Å²) in [5.74, 6) is 1.18. The first-order chi connectivity index (χ1) is 12.6. The van der Waals surface area contributed by atoms with Gasteiger partial charge in [0.2, 0.25) is 11.8 Å². The van der Waals surface area contributed by atoms with E-state index in [0.717, 1.165) is 49.1 Å². The number of rotatable bonds is 6. The zero-order valence-corrected chi connectivity index (χ0v) is 15.7. The molecule has 0 aliphatic carbocycles. The van der Waals surface area contributed by atoms with Crippen LogP contribution in [0.15, 0.2) is 24.3 Å². The number of aromatic nitrogens is 2. The third-order valence-electron chi connectivity index (χ3n) is 5.20. The van der Waals surface area contributed by atoms with Crippen molar-refractivity contribution in [3.63, 3.8) is 0 Å². The first-order valence-corrected chi connectivity index (χ1v) is 9.56. The Kier molecular flexibility index (Phi) is 5.91. The number of para-hydroxylation sites is 2. The van der Waals surface area contributed by atoms with E-state index in [-0.39, 0.29) is 17.7 Å². The lowest BCUT2D eigenvalue weighted by Gasteiger charge is -2.31. The van der Waals surface area contributed by atoms with Gasteiger partial charge in [-0.3, -0.25) is 9.59 Å². The third-order valence-corrected chi connectivity index (χ3v) is 5.20. The third kappa shape index (κ3) is 4.06. The van der Waals surface area contributed by atoms with Crippen molar-refractivity contribution in [2.45, 2.75) is 39.0 Å². The average molecular weight is 356 g/mol. The van der Waals surface area contributed by atoms with Gasteiger partial charge in [-0.1, -0.05) is 19.1 Å². The topological polar surface area (TPSA) is 67.2 Å². The van der Waals surface area contributed by atoms with Crippen LogP contribution >= 0.6 is 0 Å². The van der Waals surface area contributed by atoms with Crippen molar-refractivity contribution in [1.29, 1.82) is 0 Å². The van der Waals surface area contributed by atoms with Crippen LogP contribution in [-0.2, 0) is 23.1 Å². The van der Waals surface area contributed by atoms with Crippen molar-refractivity contribution in [2.75, 3.05) is 19.6 Å². The van der Waals surface area contributed by atoms with Crippen LogP contribution < -0.4 is 5.32 Å². The molecular weight excluding hydrogens is 328 g/mol. The first kappa shape index (κ1) is 18.4. The van der Waals surface area contributed by atoms with Crippen LogP contribution in [0, 0.1) is 5.92 Å². The second-order valence-electron chi connectivity index (χ2n) is 7.00. The number of fused-ring (bicyclic) bond motifs is 1. The molecule has 0 saturated carbocycles. The van der Waals surface area contributed by atoms with Gasteiger partial charge < -0.3 is 14.8 Å². The van der Waals surface area contributed by atoms with E-state index < -0.39 is 0 Å². The standard InChI is InChI=1S/C20H28N4O2/c1-3-19(25)24-13-7-8-15(14-24)20(26)21-12-6-11-18-22-16-9-4-5-10-17(16)23(18)2/h4-5,9-10,15H,3,6-8,11-14H2,1-2H3,(H,21,26)/t15-/m0/s1. The number of nitrogens with zero attached hydrogens (tertiary/aromatic N) is 3. The molecule has 2 heterocycles. The van der Waals surface area contributed by atoms with E-state index in [4.69, 9.17) is 0 Å². The van der Waals surface area contributed by atoms with Crippen LogP contribution in [0.1, 0.15) is 38.4 Å². The highest BCUT2D eigenvalue weighted by atomic mass is 16.2. The molecule has 0 spiro atoms. The van der Waals surface area contributed by atoms with E-state index in [1.54, 1.807) is 0 Å². The molecule has 1 aliphatic heterocycles. The largest absolute Gasteiger partial charge is 0.356 e. The van der Waals surface area contributed by atoms with Crippen molar-refractivity contribution >= 4 is 22.8 Å². The van der Waals surface area contributed by atoms with Gasteiger partial charge in [-0.25, -0.2) is 4.98 Å². The average Bonchev–Trinajstić information content (AvgIpc) is 3.00. The molecule has 2 amide bonds. The summed E-state index contributed by atoms with van der Waals surface area (Å²) >= 11 is 0. The Morgan fingerprint density at radius 1 is 1.31 bits per heavy atom. The molecule has 1 atom stereocenters. The predicted octanol–water partition coefficient (Wildman–Crippen LogP) is 2.27. The summed E-state index contributed by atoms with van der Waals surface area (Å²) < 4.78 is 2.12. The van der Waals surface area contributed by atoms with Crippen LogP contribution in [0.3, 0.4) is 0 Å². The Hall–Kier alpha value is -2.37. The van der Waals surface area contributed by atoms with Gasteiger partial charge >= 0.3 is 0 Å². The summed E-state index contributed by atoms with van der Waals surface area (Å²) in [6.45, 7) is 3.85. The Balaban J connectivity index is 1.46. The summed E-state index contributed by atoms with van der Waals surface area (Å²) in [4.78, 5) is 30.7. The van der Waals surface area contributed by atoms with Crippen LogP contribution in [0.25, 0.3) is 11.0 Å². The first-order valence-electron chi connectivity index (χ1n) is 9.56. The van der Waals surface area contributed by atoms with E-state index in [1.807, 2.05) is 37.1 Å². The SMILES string of the molecule is CCC(=O)N1CCC[C@H](C(=O)NCCCc2nc3ccccc3n2C)C1. The summed E-state index contributed by atoms with van der Waals surface area (Å²) in [5, 5.41) is 3.04. The van der Waals surface area contributed by atoms with E-state index in [0.29, 0.717) is 19.5 Å². The minimum atomic E-state index is -0.0741. The number of amides is 2. The number of carbonyl (C=O) groups is 2. The van der Waals surface area contributed by atoms with Gasteiger partial charge in [0.1, 0.15) is 5.82 Å². The number of likely N-dealkylation sites (tertiary alicyclic amines) is 1. The molecule has 26 heavy (non-hydrogen) atoms. The molecule has 1 aromatic carbocycles. The minimum absolute atomic E-state index is 0.0728. The van der Waals surface area contributed by atoms with Crippen LogP contribution in [-0.4, -0.2) is 45.9 Å². The molecule has 1 saturated heterocycles. The van der Waals surface area contributed by atoms with Crippen molar-refractivity contribution in [3.05, 3.63) is 30.1 Å². The van der Waals surface area contributed by atoms with E-state index >= 15 is 0 Å². The van der Waals surface area contributed by atoms with Crippen molar-refractivity contribution < 1.29 is 9.59 Å². The molecule has 6 nitrogen and oxygen atoms in total. The van der Waals surface area contributed by atoms with Gasteiger partial charge in [-0.15, -0.1) is 0 Å². The van der Waals surface area contributed by atoms with Crippen molar-refractivity contribution in [3.8, 4) is 0 Å². The second-order valence-corrected chi connectivity index (χ2v) is 7.00. The fraction of sp³-hybridized carbons (Fsp3) is 0.550. The Labute approximate surface area is 154 Å². The quantitative estimate of drug-likeness (QED) is 0.808. The molecule has 1 aromatic heterocycles. The fourth-order valence-electron chi connectivity index (χ4n) is 3.66. The van der Waals surface area contributed by atoms with E-state index in [9.17, 15) is 9.59 Å². The molecule has 0 radical (unpaired) electrons. The maximum Gasteiger partial charge on any atom is 0.224 e. The van der Waals surface area contributed by atoms with Crippen molar-refractivity contribution in [1.82, 2.24) is 19.8 Å². The number of imidazole rings is 1. The minimum Gasteiger partial charge on any atom is -0.356 e. The number of piperidine rings is 1. The lowest BCUT2D eigenvalue weighted by atomic mass is 9.97. The summed E-state index contributed by atoms with van der Waals surface area (Å²) in [5.41, 5.74) is 2.14. The lowest BCUT2D eigenvalue weighted by molar-refractivity contribution is -0.135. The molecule has 1 fully saturated rings. The molecule has 1 aliphatic rings. The van der Waals surface area contributed by atoms with Gasteiger partial charge in [0.05, 0.1) is 17.0 Å². The van der Waals surface area contributed by atoms with Crippen LogP contribution in [0.2, 0.25) is 0 Å². The number of carbonyl (C=O) groups excluding carboxylic acids is 2. The van der Waals surface area contributed by atoms with Crippen molar-refractivity contribution in [2.24, 2.45) is 13.0 Å². The number of nitrogens with one attached hydrogen (secondary N) is 1. The van der Waals surface area contributed by atoms with E-state index in [2.05, 4.69) is 20.9 Å². The van der Waals surface area contributed by atoms with Crippen LogP contribution in [0.4, 0.5) is 0 Å². The zero-order valence-electron chi connectivity index (χ0n) is 15.7. The number of aryl methyl sites for hydroxylation is 2. The van der Waals surface area contributed by atoms with Gasteiger partial charge in [-0.05, 0) is 31.4 Å². The maximum atomic E-state index is 12.4. The van der Waals surface area contributed by atoms with Gasteiger partial charge in [0, 0.05) is 39.5 Å². The van der Waals surface area contributed by atoms with Gasteiger partial charge in [-0.2, -0.15) is 0 Å². The van der Waals surface area contributed by atoms with Gasteiger partial charge in [0.25, 0.3) is 0 Å². The smallest absolute Gasteiger partial charge is 0.224 e. The molecule has 3 rings (SSSR count).